The van der Waals surface area contributed by atoms with E-state index < -0.39 is 26.5 Å². The SMILES string of the molecule is COP(=O)(CC1(O)OC2CC(OC3CCCCO3)CC2C1(CO)[Si](C)(C)C(C)(C)C)OC. The van der Waals surface area contributed by atoms with Crippen LogP contribution in [0.5, 0.6) is 0 Å². The fourth-order valence-corrected chi connectivity index (χ4v) is 11.6. The summed E-state index contributed by atoms with van der Waals surface area (Å²) in [5, 5.41) is 21.9. The minimum absolute atomic E-state index is 0.0648. The lowest BCUT2D eigenvalue weighted by Crippen LogP contribution is -2.64. The molecule has 0 amide bonds. The molecule has 3 rings (SSSR count). The summed E-state index contributed by atoms with van der Waals surface area (Å²) in [6.07, 6.45) is 3.40. The molecular weight excluding hydrogens is 451 g/mol. The molecule has 3 fully saturated rings. The minimum atomic E-state index is -3.61. The third-order valence-electron chi connectivity index (χ3n) is 8.82. The number of hydrogen-bond acceptors (Lipinski definition) is 8. The van der Waals surface area contributed by atoms with Crippen LogP contribution in [0.4, 0.5) is 0 Å². The molecule has 2 heterocycles. The lowest BCUT2D eigenvalue weighted by molar-refractivity contribution is -0.215. The summed E-state index contributed by atoms with van der Waals surface area (Å²) in [5.74, 6) is -1.96. The molecule has 1 saturated carbocycles. The van der Waals surface area contributed by atoms with Gasteiger partial charge in [-0.2, -0.15) is 0 Å². The van der Waals surface area contributed by atoms with Crippen molar-refractivity contribution in [3.63, 3.8) is 0 Å². The molecule has 8 nitrogen and oxygen atoms in total. The second-order valence-corrected chi connectivity index (χ2v) is 19.1. The van der Waals surface area contributed by atoms with E-state index in [9.17, 15) is 14.8 Å². The van der Waals surface area contributed by atoms with E-state index in [-0.39, 0.29) is 42.2 Å². The van der Waals surface area contributed by atoms with Crippen molar-refractivity contribution < 1.29 is 38.0 Å². The number of ether oxygens (including phenoxy) is 3. The largest absolute Gasteiger partial charge is 0.396 e. The van der Waals surface area contributed by atoms with Crippen LogP contribution in [0.3, 0.4) is 0 Å². The minimum Gasteiger partial charge on any atom is -0.396 e. The Labute approximate surface area is 193 Å². The van der Waals surface area contributed by atoms with Gasteiger partial charge in [-0.25, -0.2) is 0 Å². The number of hydrogen-bond donors (Lipinski definition) is 2. The van der Waals surface area contributed by atoms with Crippen LogP contribution in [0, 0.1) is 5.92 Å². The Balaban J connectivity index is 1.98. The molecule has 2 saturated heterocycles. The van der Waals surface area contributed by atoms with Crippen LogP contribution in [-0.4, -0.2) is 76.2 Å². The van der Waals surface area contributed by atoms with Gasteiger partial charge in [0.15, 0.2) is 12.1 Å². The summed E-state index contributed by atoms with van der Waals surface area (Å²) in [6, 6.07) is 0. The molecule has 0 radical (unpaired) electrons. The average Bonchev–Trinajstić information content (AvgIpc) is 3.19. The fourth-order valence-electron chi connectivity index (χ4n) is 6.10. The molecule has 0 aromatic rings. The highest BCUT2D eigenvalue weighted by molar-refractivity contribution is 7.53. The Bertz CT molecular complexity index is 699. The van der Waals surface area contributed by atoms with Gasteiger partial charge in [0.2, 0.25) is 0 Å². The monoisotopic (exact) mass is 494 g/mol. The molecule has 0 aromatic heterocycles. The second kappa shape index (κ2) is 9.32. The Kier molecular flexibility index (Phi) is 7.80. The van der Waals surface area contributed by atoms with Gasteiger partial charge in [0, 0.05) is 32.3 Å². The van der Waals surface area contributed by atoms with Crippen molar-refractivity contribution >= 4 is 15.7 Å². The van der Waals surface area contributed by atoms with Gasteiger partial charge >= 0.3 is 7.60 Å². The van der Waals surface area contributed by atoms with Gasteiger partial charge in [-0.3, -0.25) is 4.57 Å². The fraction of sp³-hybridized carbons (Fsp3) is 1.00. The van der Waals surface area contributed by atoms with E-state index in [1.54, 1.807) is 0 Å². The van der Waals surface area contributed by atoms with Crippen molar-refractivity contribution in [1.82, 2.24) is 0 Å². The number of fused-ring (bicyclic) bond motifs is 1. The van der Waals surface area contributed by atoms with Crippen molar-refractivity contribution in [2.24, 2.45) is 5.92 Å². The molecule has 10 heteroatoms. The molecule has 2 N–H and O–H groups in total. The van der Waals surface area contributed by atoms with Crippen molar-refractivity contribution in [3.05, 3.63) is 0 Å². The second-order valence-electron chi connectivity index (χ2n) is 11.2. The van der Waals surface area contributed by atoms with E-state index in [4.69, 9.17) is 23.3 Å². The van der Waals surface area contributed by atoms with E-state index in [2.05, 4.69) is 33.9 Å². The Hall–Kier alpha value is 0.167. The topological polar surface area (TPSA) is 104 Å². The summed E-state index contributed by atoms with van der Waals surface area (Å²) in [4.78, 5) is 0. The predicted octanol–water partition coefficient (Wildman–Crippen LogP) is 4.12. The van der Waals surface area contributed by atoms with E-state index in [1.165, 1.54) is 14.2 Å². The first-order chi connectivity index (χ1) is 14.8. The highest BCUT2D eigenvalue weighted by Crippen LogP contribution is 2.71. The number of aliphatic hydroxyl groups excluding tert-OH is 1. The highest BCUT2D eigenvalue weighted by atomic mass is 31.2. The average molecular weight is 495 g/mol. The Morgan fingerprint density at radius 1 is 1.16 bits per heavy atom. The summed E-state index contributed by atoms with van der Waals surface area (Å²) in [6.45, 7) is 11.3. The van der Waals surface area contributed by atoms with Crippen molar-refractivity contribution in [2.75, 3.05) is 33.6 Å². The molecule has 32 heavy (non-hydrogen) atoms. The lowest BCUT2D eigenvalue weighted by atomic mass is 9.85. The molecule has 6 unspecified atom stereocenters. The standard InChI is InChI=1S/C22H43O8PSi/c1-20(2,3)32(6,7)21(14-23)17-12-16(29-19-10-8-9-11-28-19)13-18(17)30-22(21,24)15-31(25,26-4)27-5/h16-19,23-24H,8-15H2,1-7H3. The van der Waals surface area contributed by atoms with E-state index >= 15 is 0 Å². The van der Waals surface area contributed by atoms with Crippen LogP contribution in [0.2, 0.25) is 23.2 Å². The van der Waals surface area contributed by atoms with Crippen molar-refractivity contribution in [1.29, 1.82) is 0 Å². The number of rotatable bonds is 8. The van der Waals surface area contributed by atoms with Gasteiger partial charge in [-0.1, -0.05) is 33.9 Å². The normalized spacial score (nSPS) is 38.8. The third kappa shape index (κ3) is 4.31. The van der Waals surface area contributed by atoms with Crippen LogP contribution in [0.15, 0.2) is 0 Å². The Morgan fingerprint density at radius 3 is 2.31 bits per heavy atom. The first kappa shape index (κ1) is 26.8. The highest BCUT2D eigenvalue weighted by Gasteiger charge is 2.75. The molecule has 1 aliphatic carbocycles. The lowest BCUT2D eigenvalue weighted by Gasteiger charge is -2.57. The number of aliphatic hydroxyl groups is 2. The van der Waals surface area contributed by atoms with Crippen molar-refractivity contribution in [2.45, 2.75) is 100 Å². The van der Waals surface area contributed by atoms with Crippen LogP contribution in [0.1, 0.15) is 52.9 Å². The summed E-state index contributed by atoms with van der Waals surface area (Å²) >= 11 is 0. The van der Waals surface area contributed by atoms with Crippen LogP contribution in [0.25, 0.3) is 0 Å². The van der Waals surface area contributed by atoms with Gasteiger partial charge in [-0.05, 0) is 36.6 Å². The molecule has 6 atom stereocenters. The molecule has 188 valence electrons. The van der Waals surface area contributed by atoms with E-state index in [0.717, 1.165) is 19.3 Å². The summed E-state index contributed by atoms with van der Waals surface area (Å²) in [7, 11) is -3.48. The molecule has 3 aliphatic rings. The summed E-state index contributed by atoms with van der Waals surface area (Å²) < 4.78 is 41.9. The summed E-state index contributed by atoms with van der Waals surface area (Å²) in [5.41, 5.74) is 0. The Morgan fingerprint density at radius 2 is 1.81 bits per heavy atom. The zero-order valence-electron chi connectivity index (χ0n) is 20.8. The molecule has 2 aliphatic heterocycles. The quantitative estimate of drug-likeness (QED) is 0.384. The molecule has 0 bridgehead atoms. The van der Waals surface area contributed by atoms with Gasteiger partial charge in [0.25, 0.3) is 0 Å². The molecule has 0 aromatic carbocycles. The van der Waals surface area contributed by atoms with E-state index in [0.29, 0.717) is 19.4 Å². The maximum absolute atomic E-state index is 13.1. The third-order valence-corrected chi connectivity index (χ3v) is 17.7. The van der Waals surface area contributed by atoms with Crippen LogP contribution >= 0.6 is 7.60 Å². The first-order valence-electron chi connectivity index (χ1n) is 11.8. The van der Waals surface area contributed by atoms with Crippen LogP contribution < -0.4 is 0 Å². The van der Waals surface area contributed by atoms with Gasteiger partial charge in [-0.15, -0.1) is 0 Å². The maximum Gasteiger partial charge on any atom is 0.335 e. The smallest absolute Gasteiger partial charge is 0.335 e. The molecule has 0 spiro atoms. The van der Waals surface area contributed by atoms with Crippen LogP contribution in [-0.2, 0) is 27.8 Å². The maximum atomic E-state index is 13.1. The van der Waals surface area contributed by atoms with Gasteiger partial charge in [0.05, 0.1) is 26.9 Å². The first-order valence-corrected chi connectivity index (χ1v) is 16.5. The van der Waals surface area contributed by atoms with Crippen molar-refractivity contribution in [3.8, 4) is 0 Å². The zero-order valence-corrected chi connectivity index (χ0v) is 22.7. The predicted molar refractivity (Wildman–Crippen MR) is 124 cm³/mol. The van der Waals surface area contributed by atoms with E-state index in [1.807, 2.05) is 0 Å². The molecular formula is C22H43O8PSi. The van der Waals surface area contributed by atoms with Gasteiger partial charge in [0.1, 0.15) is 6.16 Å². The van der Waals surface area contributed by atoms with Gasteiger partial charge < -0.3 is 33.5 Å². The zero-order chi connectivity index (χ0) is 24.0.